The van der Waals surface area contributed by atoms with Gasteiger partial charge < -0.3 is 9.47 Å². The molecule has 1 atom stereocenters. The zero-order valence-corrected chi connectivity index (χ0v) is 14.0. The van der Waals surface area contributed by atoms with Gasteiger partial charge in [0.2, 0.25) is 4.77 Å². The summed E-state index contributed by atoms with van der Waals surface area (Å²) in [6.45, 7) is 6.00. The normalized spacial score (nSPS) is 12.6. The Morgan fingerprint density at radius 1 is 1.41 bits per heavy atom. The maximum atomic E-state index is 5.42. The van der Waals surface area contributed by atoms with Crippen LogP contribution in [0.1, 0.15) is 5.01 Å². The third-order valence-corrected chi connectivity index (χ3v) is 4.82. The predicted molar refractivity (Wildman–Crippen MR) is 91.5 cm³/mol. The summed E-state index contributed by atoms with van der Waals surface area (Å²) in [7, 11) is 2.13. The zero-order valence-electron chi connectivity index (χ0n) is 12.4. The number of nitrogens with zero attached hydrogens (tertiary/aromatic N) is 4. The van der Waals surface area contributed by atoms with Crippen LogP contribution in [-0.4, -0.2) is 26.4 Å². The average molecular weight is 332 g/mol. The highest BCUT2D eigenvalue weighted by atomic mass is 32.1. The van der Waals surface area contributed by atoms with E-state index in [0.717, 1.165) is 28.5 Å². The molecule has 0 spiro atoms. The molecule has 114 valence electrons. The predicted octanol–water partition coefficient (Wildman–Crippen LogP) is 1.88. The van der Waals surface area contributed by atoms with Crippen LogP contribution in [0.2, 0.25) is 0 Å². The maximum Gasteiger partial charge on any atom is 0.202 e. The number of fused-ring (bicyclic) bond motifs is 1. The van der Waals surface area contributed by atoms with E-state index in [0.29, 0.717) is 6.54 Å². The highest BCUT2D eigenvalue weighted by Crippen LogP contribution is 2.20. The molecule has 0 amide bonds. The van der Waals surface area contributed by atoms with Gasteiger partial charge in [-0.1, -0.05) is 18.2 Å². The minimum absolute atomic E-state index is 0.690. The number of nitrogens with one attached hydrogen (secondary N) is 1. The van der Waals surface area contributed by atoms with Gasteiger partial charge >= 0.3 is 0 Å². The van der Waals surface area contributed by atoms with Crippen LogP contribution >= 0.6 is 23.6 Å². The Morgan fingerprint density at radius 2 is 2.23 bits per heavy atom. The highest BCUT2D eigenvalue weighted by molar-refractivity contribution is 7.71. The van der Waals surface area contributed by atoms with Crippen molar-refractivity contribution in [3.05, 3.63) is 53.0 Å². The molecule has 3 aromatic rings. The monoisotopic (exact) mass is 332 g/mol. The molecule has 0 saturated carbocycles. The fourth-order valence-electron chi connectivity index (χ4n) is 2.31. The molecule has 2 heterocycles. The summed E-state index contributed by atoms with van der Waals surface area (Å²) < 4.78 is 5.72. The third kappa shape index (κ3) is 3.16. The van der Waals surface area contributed by atoms with E-state index in [9.17, 15) is 0 Å². The van der Waals surface area contributed by atoms with Crippen molar-refractivity contribution < 1.29 is 4.90 Å². The van der Waals surface area contributed by atoms with Crippen LogP contribution in [0, 0.1) is 4.77 Å². The fourth-order valence-corrected chi connectivity index (χ4v) is 3.62. The molecular formula is C15H18N5S2+. The Kier molecular flexibility index (Phi) is 4.47. The van der Waals surface area contributed by atoms with E-state index in [1.54, 1.807) is 17.7 Å². The van der Waals surface area contributed by atoms with E-state index >= 15 is 0 Å². The first-order chi connectivity index (χ1) is 10.7. The summed E-state index contributed by atoms with van der Waals surface area (Å²) in [6, 6.07) is 8.23. The van der Waals surface area contributed by atoms with Crippen molar-refractivity contribution in [2.24, 2.45) is 0 Å². The van der Waals surface area contributed by atoms with Crippen molar-refractivity contribution in [1.29, 1.82) is 0 Å². The van der Waals surface area contributed by atoms with E-state index in [1.807, 2.05) is 27.5 Å². The standard InChI is InChI=1S/C15H17N5S2/c1-3-8-19-10-16-20(15(19)21)11-18(2)9-14-17-12-6-4-5-7-13(12)22-14/h3-7,10H,1,8-9,11H2,2H3/p+1. The molecule has 0 fully saturated rings. The summed E-state index contributed by atoms with van der Waals surface area (Å²) in [4.78, 5) is 5.97. The lowest BCUT2D eigenvalue weighted by Crippen LogP contribution is -3.07. The van der Waals surface area contributed by atoms with Crippen LogP contribution < -0.4 is 4.90 Å². The Hall–Kier alpha value is -1.83. The highest BCUT2D eigenvalue weighted by Gasteiger charge is 2.11. The van der Waals surface area contributed by atoms with Crippen molar-refractivity contribution >= 4 is 33.8 Å². The van der Waals surface area contributed by atoms with Gasteiger partial charge in [0, 0.05) is 6.54 Å². The molecule has 0 aliphatic rings. The van der Waals surface area contributed by atoms with E-state index in [-0.39, 0.29) is 0 Å². The van der Waals surface area contributed by atoms with Gasteiger partial charge in [0.1, 0.15) is 17.9 Å². The SMILES string of the molecule is C=CCn1cnn(C[NH+](C)Cc2nc3ccccc3s2)c1=S. The molecule has 1 unspecified atom stereocenters. The molecule has 1 N–H and O–H groups in total. The number of allylic oxidation sites excluding steroid dienone is 1. The molecule has 2 aromatic heterocycles. The van der Waals surface area contributed by atoms with Gasteiger partial charge in [-0.2, -0.15) is 9.78 Å². The van der Waals surface area contributed by atoms with Crippen LogP contribution in [0.3, 0.4) is 0 Å². The van der Waals surface area contributed by atoms with E-state index in [2.05, 4.69) is 35.8 Å². The Bertz CT molecular complexity index is 812. The number of hydrogen-bond acceptors (Lipinski definition) is 4. The van der Waals surface area contributed by atoms with Crippen LogP contribution in [0.15, 0.2) is 43.2 Å². The molecule has 0 aliphatic heterocycles. The molecule has 22 heavy (non-hydrogen) atoms. The van der Waals surface area contributed by atoms with Gasteiger partial charge in [-0.05, 0) is 24.4 Å². The third-order valence-electron chi connectivity index (χ3n) is 3.33. The van der Waals surface area contributed by atoms with Gasteiger partial charge in [-0.3, -0.25) is 0 Å². The maximum absolute atomic E-state index is 5.42. The van der Waals surface area contributed by atoms with Gasteiger partial charge in [0.15, 0.2) is 6.67 Å². The first-order valence-electron chi connectivity index (χ1n) is 7.06. The van der Waals surface area contributed by atoms with Crippen molar-refractivity contribution in [2.45, 2.75) is 19.8 Å². The number of benzene rings is 1. The first-order valence-corrected chi connectivity index (χ1v) is 8.28. The lowest BCUT2D eigenvalue weighted by molar-refractivity contribution is -0.917. The summed E-state index contributed by atoms with van der Waals surface area (Å²) in [6.07, 6.45) is 3.58. The lowest BCUT2D eigenvalue weighted by Gasteiger charge is -2.11. The molecule has 7 heteroatoms. The van der Waals surface area contributed by atoms with Crippen molar-refractivity contribution in [3.63, 3.8) is 0 Å². The lowest BCUT2D eigenvalue weighted by atomic mass is 10.3. The van der Waals surface area contributed by atoms with Crippen molar-refractivity contribution in [1.82, 2.24) is 19.3 Å². The van der Waals surface area contributed by atoms with E-state index < -0.39 is 0 Å². The average Bonchev–Trinajstić information content (AvgIpc) is 3.05. The minimum atomic E-state index is 0.690. The molecule has 0 radical (unpaired) electrons. The van der Waals surface area contributed by atoms with Crippen LogP contribution in [0.5, 0.6) is 0 Å². The topological polar surface area (TPSA) is 40.1 Å². The second kappa shape index (κ2) is 6.51. The van der Waals surface area contributed by atoms with E-state index in [1.165, 1.54) is 9.60 Å². The Balaban J connectivity index is 1.70. The van der Waals surface area contributed by atoms with Crippen LogP contribution in [0.25, 0.3) is 10.2 Å². The smallest absolute Gasteiger partial charge is 0.202 e. The summed E-state index contributed by atoms with van der Waals surface area (Å²) in [5, 5.41) is 5.48. The fraction of sp³-hybridized carbons (Fsp3) is 0.267. The molecule has 5 nitrogen and oxygen atoms in total. The molecule has 3 rings (SSSR count). The molecule has 0 bridgehead atoms. The summed E-state index contributed by atoms with van der Waals surface area (Å²) >= 11 is 7.16. The van der Waals surface area contributed by atoms with Crippen LogP contribution in [-0.2, 0) is 19.8 Å². The largest absolute Gasteiger partial charge is 0.313 e. The van der Waals surface area contributed by atoms with Gasteiger partial charge in [-0.25, -0.2) is 4.98 Å². The van der Waals surface area contributed by atoms with E-state index in [4.69, 9.17) is 12.2 Å². The summed E-state index contributed by atoms with van der Waals surface area (Å²) in [5.41, 5.74) is 1.07. The van der Waals surface area contributed by atoms with Gasteiger partial charge in [-0.15, -0.1) is 17.9 Å². The number of aromatic nitrogens is 4. The Labute approximate surface area is 138 Å². The number of quaternary nitrogens is 1. The number of rotatable bonds is 6. The molecule has 1 aromatic carbocycles. The first kappa shape index (κ1) is 15.1. The second-order valence-corrected chi connectivity index (χ2v) is 6.70. The van der Waals surface area contributed by atoms with Gasteiger partial charge in [0.05, 0.1) is 17.3 Å². The molecule has 0 saturated heterocycles. The zero-order chi connectivity index (χ0) is 15.5. The van der Waals surface area contributed by atoms with Crippen molar-refractivity contribution in [2.75, 3.05) is 7.05 Å². The number of para-hydroxylation sites is 1. The molecular weight excluding hydrogens is 314 g/mol. The minimum Gasteiger partial charge on any atom is -0.313 e. The Morgan fingerprint density at radius 3 is 3.00 bits per heavy atom. The quantitative estimate of drug-likeness (QED) is 0.553. The molecule has 0 aliphatic carbocycles. The van der Waals surface area contributed by atoms with Gasteiger partial charge in [0.25, 0.3) is 0 Å². The van der Waals surface area contributed by atoms with Crippen LogP contribution in [0.4, 0.5) is 0 Å². The number of thiazole rings is 1. The van der Waals surface area contributed by atoms with Crippen molar-refractivity contribution in [3.8, 4) is 0 Å². The second-order valence-electron chi connectivity index (χ2n) is 5.22. The number of hydrogen-bond donors (Lipinski definition) is 1. The summed E-state index contributed by atoms with van der Waals surface area (Å²) in [5.74, 6) is 0.